The molecule has 4 rings (SSSR count). The van der Waals surface area contributed by atoms with Crippen LogP contribution in [0.1, 0.15) is 37.7 Å². The fraction of sp³-hybridized carbons (Fsp3) is 0.650. The molecule has 2 aliphatic carbocycles. The Hall–Kier alpha value is -1.62. The second kappa shape index (κ2) is 7.32. The minimum Gasteiger partial charge on any atom is -0.338 e. The van der Waals surface area contributed by atoms with E-state index in [0.29, 0.717) is 24.9 Å². The number of hydrogen-bond donors (Lipinski definition) is 1. The quantitative estimate of drug-likeness (QED) is 0.824. The van der Waals surface area contributed by atoms with Crippen LogP contribution in [-0.4, -0.2) is 54.1 Å². The van der Waals surface area contributed by atoms with Crippen LogP contribution in [-0.2, 0) is 6.42 Å². The molecule has 136 valence electrons. The molecule has 0 unspecified atom stereocenters. The van der Waals surface area contributed by atoms with Crippen LogP contribution in [0.25, 0.3) is 0 Å². The number of hydrogen-bond acceptors (Lipinski definition) is 2. The zero-order chi connectivity index (χ0) is 17.2. The normalized spacial score (nSPS) is 23.6. The van der Waals surface area contributed by atoms with E-state index in [0.717, 1.165) is 37.5 Å². The van der Waals surface area contributed by atoms with Gasteiger partial charge in [0.15, 0.2) is 0 Å². The number of likely N-dealkylation sites (tertiary alicyclic amines) is 1. The molecule has 1 N–H and O–H groups in total. The Balaban J connectivity index is 1.25. The standard InChI is InChI=1S/C20H28FN3O/c21-17-3-1-2-15(12-17)9-11-24(19-6-7-19)20(25)22-13-16-8-10-23(14-16)18-4-5-18/h1-3,12,16,18-19H,4-11,13-14H2,(H,22,25)/t16-/m1/s1. The summed E-state index contributed by atoms with van der Waals surface area (Å²) in [6.07, 6.45) is 6.80. The first kappa shape index (κ1) is 16.8. The van der Waals surface area contributed by atoms with Gasteiger partial charge < -0.3 is 15.1 Å². The number of carbonyl (C=O) groups is 1. The Labute approximate surface area is 149 Å². The molecule has 1 atom stereocenters. The van der Waals surface area contributed by atoms with Crippen LogP contribution in [0.5, 0.6) is 0 Å². The summed E-state index contributed by atoms with van der Waals surface area (Å²) in [5.41, 5.74) is 0.953. The summed E-state index contributed by atoms with van der Waals surface area (Å²) in [5, 5.41) is 3.16. The van der Waals surface area contributed by atoms with E-state index in [1.54, 1.807) is 12.1 Å². The van der Waals surface area contributed by atoms with Crippen molar-refractivity contribution in [1.29, 1.82) is 0 Å². The summed E-state index contributed by atoms with van der Waals surface area (Å²) in [4.78, 5) is 17.2. The highest BCUT2D eigenvalue weighted by Crippen LogP contribution is 2.31. The number of amides is 2. The Morgan fingerprint density at radius 2 is 2.08 bits per heavy atom. The molecule has 1 aliphatic heterocycles. The highest BCUT2D eigenvalue weighted by atomic mass is 19.1. The Morgan fingerprint density at radius 3 is 2.80 bits per heavy atom. The molecule has 3 fully saturated rings. The molecular weight excluding hydrogens is 317 g/mol. The Kier molecular flexibility index (Phi) is 4.93. The summed E-state index contributed by atoms with van der Waals surface area (Å²) in [6.45, 7) is 3.78. The third-order valence-corrected chi connectivity index (χ3v) is 5.70. The number of nitrogens with zero attached hydrogens (tertiary/aromatic N) is 2. The molecule has 0 aromatic heterocycles. The summed E-state index contributed by atoms with van der Waals surface area (Å²) in [7, 11) is 0. The van der Waals surface area contributed by atoms with Crippen LogP contribution >= 0.6 is 0 Å². The average Bonchev–Trinajstić information content (AvgIpc) is 3.53. The van der Waals surface area contributed by atoms with Crippen molar-refractivity contribution in [3.05, 3.63) is 35.6 Å². The van der Waals surface area contributed by atoms with E-state index in [4.69, 9.17) is 0 Å². The van der Waals surface area contributed by atoms with Gasteiger partial charge in [0.1, 0.15) is 5.82 Å². The van der Waals surface area contributed by atoms with Gasteiger partial charge in [-0.2, -0.15) is 0 Å². The third-order valence-electron chi connectivity index (χ3n) is 5.70. The molecule has 5 heteroatoms. The Morgan fingerprint density at radius 1 is 1.24 bits per heavy atom. The fourth-order valence-electron chi connectivity index (χ4n) is 3.91. The van der Waals surface area contributed by atoms with Gasteiger partial charge in [0.2, 0.25) is 0 Å². The topological polar surface area (TPSA) is 35.6 Å². The van der Waals surface area contributed by atoms with Crippen molar-refractivity contribution in [3.8, 4) is 0 Å². The molecule has 25 heavy (non-hydrogen) atoms. The van der Waals surface area contributed by atoms with Gasteiger partial charge in [-0.3, -0.25) is 0 Å². The summed E-state index contributed by atoms with van der Waals surface area (Å²) in [6, 6.07) is 7.95. The SMILES string of the molecule is O=C(NC[C@H]1CCN(C2CC2)C1)N(CCc1cccc(F)c1)C1CC1. The van der Waals surface area contributed by atoms with Crippen LogP contribution in [0.15, 0.2) is 24.3 Å². The van der Waals surface area contributed by atoms with Crippen LogP contribution in [0.4, 0.5) is 9.18 Å². The van der Waals surface area contributed by atoms with Gasteiger partial charge in [0, 0.05) is 31.7 Å². The van der Waals surface area contributed by atoms with Gasteiger partial charge in [-0.25, -0.2) is 9.18 Å². The zero-order valence-corrected chi connectivity index (χ0v) is 14.8. The van der Waals surface area contributed by atoms with Crippen molar-refractivity contribution in [2.45, 2.75) is 50.6 Å². The highest BCUT2D eigenvalue weighted by Gasteiger charge is 2.35. The van der Waals surface area contributed by atoms with Crippen molar-refractivity contribution in [3.63, 3.8) is 0 Å². The maximum atomic E-state index is 13.3. The minimum absolute atomic E-state index is 0.0591. The lowest BCUT2D eigenvalue weighted by molar-refractivity contribution is 0.193. The molecule has 2 amide bonds. The van der Waals surface area contributed by atoms with E-state index in [2.05, 4.69) is 10.2 Å². The molecule has 1 aromatic carbocycles. The fourth-order valence-corrected chi connectivity index (χ4v) is 3.91. The van der Waals surface area contributed by atoms with Crippen molar-refractivity contribution in [2.24, 2.45) is 5.92 Å². The molecular formula is C20H28FN3O. The van der Waals surface area contributed by atoms with Crippen molar-refractivity contribution >= 4 is 6.03 Å². The molecule has 2 saturated carbocycles. The molecule has 0 bridgehead atoms. The second-order valence-corrected chi connectivity index (χ2v) is 7.87. The van der Waals surface area contributed by atoms with E-state index in [9.17, 15) is 9.18 Å². The van der Waals surface area contributed by atoms with Crippen LogP contribution in [0.3, 0.4) is 0 Å². The predicted octanol–water partition coefficient (Wildman–Crippen LogP) is 3.03. The van der Waals surface area contributed by atoms with Gasteiger partial charge in [0.05, 0.1) is 0 Å². The first-order chi connectivity index (χ1) is 12.2. The third kappa shape index (κ3) is 4.51. The first-order valence-electron chi connectivity index (χ1n) is 9.72. The minimum atomic E-state index is -0.207. The number of carbonyl (C=O) groups excluding carboxylic acids is 1. The summed E-state index contributed by atoms with van der Waals surface area (Å²) < 4.78 is 13.3. The molecule has 3 aliphatic rings. The van der Waals surface area contributed by atoms with Crippen molar-refractivity contribution in [1.82, 2.24) is 15.1 Å². The maximum Gasteiger partial charge on any atom is 0.317 e. The number of benzene rings is 1. The largest absolute Gasteiger partial charge is 0.338 e. The summed E-state index contributed by atoms with van der Waals surface area (Å²) in [5.74, 6) is 0.384. The number of nitrogens with one attached hydrogen (secondary N) is 1. The van der Waals surface area contributed by atoms with Gasteiger partial charge >= 0.3 is 6.03 Å². The number of halogens is 1. The second-order valence-electron chi connectivity index (χ2n) is 7.87. The molecule has 4 nitrogen and oxygen atoms in total. The van der Waals surface area contributed by atoms with Gasteiger partial charge in [-0.05, 0) is 68.7 Å². The van der Waals surface area contributed by atoms with E-state index in [1.165, 1.54) is 31.9 Å². The van der Waals surface area contributed by atoms with Gasteiger partial charge in [-0.15, -0.1) is 0 Å². The van der Waals surface area contributed by atoms with Crippen LogP contribution in [0.2, 0.25) is 0 Å². The van der Waals surface area contributed by atoms with E-state index in [-0.39, 0.29) is 11.8 Å². The van der Waals surface area contributed by atoms with Gasteiger partial charge in [-0.1, -0.05) is 12.1 Å². The van der Waals surface area contributed by atoms with Crippen LogP contribution < -0.4 is 5.32 Å². The predicted molar refractivity (Wildman–Crippen MR) is 95.9 cm³/mol. The van der Waals surface area contributed by atoms with Crippen molar-refractivity contribution < 1.29 is 9.18 Å². The van der Waals surface area contributed by atoms with Crippen molar-refractivity contribution in [2.75, 3.05) is 26.2 Å². The molecule has 1 saturated heterocycles. The lowest BCUT2D eigenvalue weighted by Gasteiger charge is -2.24. The molecule has 1 aromatic rings. The highest BCUT2D eigenvalue weighted by molar-refractivity contribution is 5.75. The van der Waals surface area contributed by atoms with E-state index >= 15 is 0 Å². The number of urea groups is 1. The molecule has 1 heterocycles. The van der Waals surface area contributed by atoms with Gasteiger partial charge in [0.25, 0.3) is 0 Å². The molecule has 0 spiro atoms. The smallest absolute Gasteiger partial charge is 0.317 e. The van der Waals surface area contributed by atoms with E-state index in [1.807, 2.05) is 11.0 Å². The van der Waals surface area contributed by atoms with E-state index < -0.39 is 0 Å². The zero-order valence-electron chi connectivity index (χ0n) is 14.8. The maximum absolute atomic E-state index is 13.3. The lowest BCUT2D eigenvalue weighted by atomic mass is 10.1. The molecule has 0 radical (unpaired) electrons. The lowest BCUT2D eigenvalue weighted by Crippen LogP contribution is -2.44. The first-order valence-corrected chi connectivity index (χ1v) is 9.72. The summed E-state index contributed by atoms with van der Waals surface area (Å²) >= 11 is 0. The Bertz CT molecular complexity index is 615. The monoisotopic (exact) mass is 345 g/mol. The average molecular weight is 345 g/mol. The van der Waals surface area contributed by atoms with Crippen LogP contribution in [0, 0.1) is 11.7 Å². The number of rotatable bonds is 7.